The lowest BCUT2D eigenvalue weighted by molar-refractivity contribution is -0.114. The fourth-order valence-corrected chi connectivity index (χ4v) is 3.33. The Morgan fingerprint density at radius 3 is 2.34 bits per heavy atom. The van der Waals surface area contributed by atoms with Crippen LogP contribution in [-0.2, 0) is 17.8 Å². The predicted octanol–water partition coefficient (Wildman–Crippen LogP) is 3.25. The van der Waals surface area contributed by atoms with Crippen molar-refractivity contribution in [2.75, 3.05) is 22.1 Å². The Labute approximate surface area is 168 Å². The molecule has 2 N–H and O–H groups in total. The summed E-state index contributed by atoms with van der Waals surface area (Å²) in [5.74, 6) is 0.0992. The molecule has 2 heterocycles. The van der Waals surface area contributed by atoms with Crippen LogP contribution in [0.3, 0.4) is 0 Å². The van der Waals surface area contributed by atoms with Crippen LogP contribution < -0.4 is 15.5 Å². The molecule has 3 aromatic rings. The standard InChI is InChI=1S/C22H21N5O2/c1-15(28)24-18-6-8-19(9-7-18)25-21(29)20-10-12-23-22(26-20)27-13-11-16-4-2-3-5-17(16)14-27/h2-10,12H,11,13-14H2,1H3,(H,24,28)(H,25,29). The molecule has 0 aliphatic carbocycles. The van der Waals surface area contributed by atoms with Crippen LogP contribution in [0, 0.1) is 0 Å². The van der Waals surface area contributed by atoms with Crippen molar-refractivity contribution in [2.24, 2.45) is 0 Å². The van der Waals surface area contributed by atoms with Gasteiger partial charge in [0.1, 0.15) is 5.69 Å². The predicted molar refractivity (Wildman–Crippen MR) is 112 cm³/mol. The molecular formula is C22H21N5O2. The highest BCUT2D eigenvalue weighted by Gasteiger charge is 2.19. The summed E-state index contributed by atoms with van der Waals surface area (Å²) in [6, 6.07) is 16.9. The number of fused-ring (bicyclic) bond motifs is 1. The highest BCUT2D eigenvalue weighted by atomic mass is 16.2. The van der Waals surface area contributed by atoms with Crippen molar-refractivity contribution in [1.29, 1.82) is 0 Å². The number of amides is 2. The molecule has 0 fully saturated rings. The first-order chi connectivity index (χ1) is 14.1. The van der Waals surface area contributed by atoms with Crippen molar-refractivity contribution in [2.45, 2.75) is 19.9 Å². The Kier molecular flexibility index (Phi) is 5.20. The van der Waals surface area contributed by atoms with E-state index in [-0.39, 0.29) is 11.8 Å². The van der Waals surface area contributed by atoms with Crippen LogP contribution in [0.15, 0.2) is 60.8 Å². The van der Waals surface area contributed by atoms with Crippen molar-refractivity contribution in [3.05, 3.63) is 77.6 Å². The monoisotopic (exact) mass is 387 g/mol. The fourth-order valence-electron chi connectivity index (χ4n) is 3.33. The van der Waals surface area contributed by atoms with Gasteiger partial charge in [-0.25, -0.2) is 9.97 Å². The zero-order valence-electron chi connectivity index (χ0n) is 16.1. The molecule has 7 nitrogen and oxygen atoms in total. The van der Waals surface area contributed by atoms with Gasteiger partial charge in [-0.05, 0) is 47.9 Å². The van der Waals surface area contributed by atoms with E-state index in [4.69, 9.17) is 0 Å². The Balaban J connectivity index is 1.46. The minimum atomic E-state index is -0.307. The van der Waals surface area contributed by atoms with Gasteiger partial charge in [-0.1, -0.05) is 24.3 Å². The number of carbonyl (C=O) groups is 2. The van der Waals surface area contributed by atoms with E-state index in [2.05, 4.69) is 43.7 Å². The average molecular weight is 387 g/mol. The molecule has 0 spiro atoms. The topological polar surface area (TPSA) is 87.2 Å². The quantitative estimate of drug-likeness (QED) is 0.718. The largest absolute Gasteiger partial charge is 0.336 e. The molecule has 1 aliphatic rings. The van der Waals surface area contributed by atoms with Crippen LogP contribution in [-0.4, -0.2) is 28.3 Å². The minimum Gasteiger partial charge on any atom is -0.336 e. The van der Waals surface area contributed by atoms with Crippen LogP contribution in [0.4, 0.5) is 17.3 Å². The number of anilines is 3. The lowest BCUT2D eigenvalue weighted by atomic mass is 10.0. The highest BCUT2D eigenvalue weighted by Crippen LogP contribution is 2.22. The Hall–Kier alpha value is -3.74. The van der Waals surface area contributed by atoms with Gasteiger partial charge < -0.3 is 15.5 Å². The normalized spacial score (nSPS) is 12.8. The number of nitrogens with one attached hydrogen (secondary N) is 2. The number of carbonyl (C=O) groups excluding carboxylic acids is 2. The van der Waals surface area contributed by atoms with Gasteiger partial charge in [0.2, 0.25) is 11.9 Å². The Morgan fingerprint density at radius 2 is 1.62 bits per heavy atom. The smallest absolute Gasteiger partial charge is 0.274 e. The summed E-state index contributed by atoms with van der Waals surface area (Å²) in [4.78, 5) is 34.6. The number of hydrogen-bond donors (Lipinski definition) is 2. The molecule has 0 saturated carbocycles. The van der Waals surface area contributed by atoms with Crippen LogP contribution in [0.2, 0.25) is 0 Å². The molecule has 0 radical (unpaired) electrons. The number of benzene rings is 2. The molecule has 0 unspecified atom stereocenters. The molecule has 146 valence electrons. The summed E-state index contributed by atoms with van der Waals surface area (Å²) in [5.41, 5.74) is 4.21. The van der Waals surface area contributed by atoms with Gasteiger partial charge in [0, 0.05) is 37.6 Å². The lowest BCUT2D eigenvalue weighted by Crippen LogP contribution is -2.32. The zero-order valence-corrected chi connectivity index (χ0v) is 16.1. The summed E-state index contributed by atoms with van der Waals surface area (Å²) in [7, 11) is 0. The van der Waals surface area contributed by atoms with E-state index in [1.807, 2.05) is 6.07 Å². The zero-order chi connectivity index (χ0) is 20.2. The summed E-state index contributed by atoms with van der Waals surface area (Å²) in [5, 5.41) is 5.51. The van der Waals surface area contributed by atoms with Gasteiger partial charge in [0.15, 0.2) is 0 Å². The van der Waals surface area contributed by atoms with Gasteiger partial charge in [-0.15, -0.1) is 0 Å². The summed E-state index contributed by atoms with van der Waals surface area (Å²) >= 11 is 0. The second kappa shape index (κ2) is 8.10. The average Bonchev–Trinajstić information content (AvgIpc) is 2.74. The van der Waals surface area contributed by atoms with Gasteiger partial charge in [0.05, 0.1) is 0 Å². The first kappa shape index (κ1) is 18.6. The van der Waals surface area contributed by atoms with E-state index in [1.54, 1.807) is 36.5 Å². The third-order valence-corrected chi connectivity index (χ3v) is 4.75. The molecule has 7 heteroatoms. The number of rotatable bonds is 4. The maximum atomic E-state index is 12.6. The van der Waals surface area contributed by atoms with Crippen molar-refractivity contribution in [1.82, 2.24) is 9.97 Å². The number of aromatic nitrogens is 2. The molecule has 0 saturated heterocycles. The van der Waals surface area contributed by atoms with E-state index >= 15 is 0 Å². The van der Waals surface area contributed by atoms with Gasteiger partial charge >= 0.3 is 0 Å². The van der Waals surface area contributed by atoms with E-state index in [9.17, 15) is 9.59 Å². The van der Waals surface area contributed by atoms with Crippen LogP contribution in [0.25, 0.3) is 0 Å². The molecule has 0 atom stereocenters. The first-order valence-corrected chi connectivity index (χ1v) is 9.42. The minimum absolute atomic E-state index is 0.143. The number of nitrogens with zero attached hydrogens (tertiary/aromatic N) is 3. The molecular weight excluding hydrogens is 366 g/mol. The van der Waals surface area contributed by atoms with Crippen molar-refractivity contribution in [3.63, 3.8) is 0 Å². The highest BCUT2D eigenvalue weighted by molar-refractivity contribution is 6.03. The van der Waals surface area contributed by atoms with E-state index in [0.29, 0.717) is 23.0 Å². The molecule has 2 amide bonds. The van der Waals surface area contributed by atoms with Crippen LogP contribution >= 0.6 is 0 Å². The molecule has 4 rings (SSSR count). The summed E-state index contributed by atoms with van der Waals surface area (Å²) < 4.78 is 0. The lowest BCUT2D eigenvalue weighted by Gasteiger charge is -2.28. The van der Waals surface area contributed by atoms with Crippen LogP contribution in [0.1, 0.15) is 28.5 Å². The third-order valence-electron chi connectivity index (χ3n) is 4.75. The molecule has 1 aliphatic heterocycles. The van der Waals surface area contributed by atoms with Gasteiger partial charge in [-0.3, -0.25) is 9.59 Å². The SMILES string of the molecule is CC(=O)Nc1ccc(NC(=O)c2ccnc(N3CCc4ccccc4C3)n2)cc1. The molecule has 29 heavy (non-hydrogen) atoms. The summed E-state index contributed by atoms with van der Waals surface area (Å²) in [6.07, 6.45) is 2.54. The Bertz CT molecular complexity index is 1050. The molecule has 1 aromatic heterocycles. The van der Waals surface area contributed by atoms with Crippen molar-refractivity contribution >= 4 is 29.1 Å². The molecule has 0 bridgehead atoms. The third kappa shape index (κ3) is 4.40. The fraction of sp³-hybridized carbons (Fsp3) is 0.182. The molecule has 2 aromatic carbocycles. The second-order valence-electron chi connectivity index (χ2n) is 6.89. The van der Waals surface area contributed by atoms with Crippen molar-refractivity contribution < 1.29 is 9.59 Å². The number of hydrogen-bond acceptors (Lipinski definition) is 5. The second-order valence-corrected chi connectivity index (χ2v) is 6.89. The van der Waals surface area contributed by atoms with Crippen molar-refractivity contribution in [3.8, 4) is 0 Å². The van der Waals surface area contributed by atoms with Gasteiger partial charge in [0.25, 0.3) is 5.91 Å². The van der Waals surface area contributed by atoms with E-state index in [1.165, 1.54) is 18.1 Å². The van der Waals surface area contributed by atoms with Crippen LogP contribution in [0.5, 0.6) is 0 Å². The maximum absolute atomic E-state index is 12.6. The summed E-state index contributed by atoms with van der Waals surface area (Å²) in [6.45, 7) is 2.99. The maximum Gasteiger partial charge on any atom is 0.274 e. The first-order valence-electron chi connectivity index (χ1n) is 9.42. The Morgan fingerprint density at radius 1 is 0.931 bits per heavy atom. The van der Waals surface area contributed by atoms with E-state index in [0.717, 1.165) is 19.5 Å². The van der Waals surface area contributed by atoms with E-state index < -0.39 is 0 Å². The van der Waals surface area contributed by atoms with Gasteiger partial charge in [-0.2, -0.15) is 0 Å².